The van der Waals surface area contributed by atoms with Gasteiger partial charge in [-0.15, -0.1) is 0 Å². The lowest BCUT2D eigenvalue weighted by Gasteiger charge is -2.40. The van der Waals surface area contributed by atoms with Gasteiger partial charge < -0.3 is 9.64 Å². The first-order chi connectivity index (χ1) is 10.7. The molecule has 2 aromatic heterocycles. The maximum absolute atomic E-state index is 12.4. The van der Waals surface area contributed by atoms with Gasteiger partial charge in [-0.3, -0.25) is 9.78 Å². The summed E-state index contributed by atoms with van der Waals surface area (Å²) in [4.78, 5) is 22.1. The third-order valence-electron chi connectivity index (χ3n) is 4.45. The van der Waals surface area contributed by atoms with Crippen LogP contribution in [0.5, 0.6) is 0 Å². The lowest BCUT2D eigenvalue weighted by atomic mass is 10.0. The van der Waals surface area contributed by atoms with E-state index in [0.717, 1.165) is 6.42 Å². The first kappa shape index (κ1) is 16.0. The first-order valence-corrected chi connectivity index (χ1v) is 8.11. The zero-order chi connectivity index (χ0) is 16.8. The number of ether oxygens (including phenoxy) is 1. The molecule has 126 valence electrons. The maximum Gasteiger partial charge on any atom is 0.263 e. The summed E-state index contributed by atoms with van der Waals surface area (Å²) in [5, 5.41) is 4.87. The Morgan fingerprint density at radius 2 is 2.17 bits per heavy atom. The summed E-state index contributed by atoms with van der Waals surface area (Å²) in [5.41, 5.74) is 0.0323. The highest BCUT2D eigenvalue weighted by molar-refractivity contribution is 5.74. The van der Waals surface area contributed by atoms with E-state index in [9.17, 15) is 4.79 Å². The molecule has 0 aliphatic carbocycles. The lowest BCUT2D eigenvalue weighted by Crippen LogP contribution is -2.50. The van der Waals surface area contributed by atoms with E-state index < -0.39 is 0 Å². The topological polar surface area (TPSA) is 76.0 Å². The number of fused-ring (bicyclic) bond motifs is 1. The van der Waals surface area contributed by atoms with E-state index in [1.807, 2.05) is 20.8 Å². The summed E-state index contributed by atoms with van der Waals surface area (Å²) in [7, 11) is 0. The molecule has 1 unspecified atom stereocenters. The van der Waals surface area contributed by atoms with Crippen molar-refractivity contribution in [3.63, 3.8) is 0 Å². The third-order valence-corrected chi connectivity index (χ3v) is 4.45. The predicted octanol–water partition coefficient (Wildman–Crippen LogP) is 1.88. The fourth-order valence-corrected chi connectivity index (χ4v) is 2.87. The van der Waals surface area contributed by atoms with Crippen molar-refractivity contribution < 1.29 is 4.74 Å². The normalized spacial score (nSPS) is 22.7. The van der Waals surface area contributed by atoms with E-state index in [1.165, 1.54) is 0 Å². The fourth-order valence-electron chi connectivity index (χ4n) is 2.87. The summed E-state index contributed by atoms with van der Waals surface area (Å²) >= 11 is 0. The minimum absolute atomic E-state index is 0.148. The molecule has 0 radical (unpaired) electrons. The van der Waals surface area contributed by atoms with E-state index >= 15 is 0 Å². The summed E-state index contributed by atoms with van der Waals surface area (Å²) < 4.78 is 7.67. The average molecular weight is 319 g/mol. The highest BCUT2D eigenvalue weighted by atomic mass is 16.5. The fraction of sp³-hybridized carbons (Fsp3) is 0.688. The van der Waals surface area contributed by atoms with Gasteiger partial charge in [-0.1, -0.05) is 6.92 Å². The zero-order valence-corrected chi connectivity index (χ0v) is 14.5. The number of nitrogens with one attached hydrogen (secondary N) is 1. The molecular weight excluding hydrogens is 294 g/mol. The number of morpholine rings is 1. The molecule has 1 aliphatic heterocycles. The Morgan fingerprint density at radius 3 is 2.83 bits per heavy atom. The summed E-state index contributed by atoms with van der Waals surface area (Å²) in [6, 6.07) is 0. The first-order valence-electron chi connectivity index (χ1n) is 8.11. The summed E-state index contributed by atoms with van der Waals surface area (Å²) in [5.74, 6) is 0.594. The van der Waals surface area contributed by atoms with Crippen molar-refractivity contribution in [2.45, 2.75) is 52.2 Å². The van der Waals surface area contributed by atoms with Crippen LogP contribution < -0.4 is 10.5 Å². The second kappa shape index (κ2) is 5.33. The van der Waals surface area contributed by atoms with Gasteiger partial charge in [0.25, 0.3) is 5.56 Å². The number of aromatic amines is 1. The molecule has 1 saturated heterocycles. The molecule has 1 fully saturated rings. The molecule has 1 aliphatic rings. The van der Waals surface area contributed by atoms with E-state index in [4.69, 9.17) is 9.72 Å². The van der Waals surface area contributed by atoms with Crippen LogP contribution in [0.4, 0.5) is 5.95 Å². The van der Waals surface area contributed by atoms with Crippen LogP contribution in [0.1, 0.15) is 41.0 Å². The smallest absolute Gasteiger partial charge is 0.263 e. The number of aromatic nitrogens is 4. The van der Waals surface area contributed by atoms with Crippen molar-refractivity contribution in [2.75, 3.05) is 24.6 Å². The van der Waals surface area contributed by atoms with Crippen LogP contribution in [-0.4, -0.2) is 45.0 Å². The molecule has 0 amide bonds. The van der Waals surface area contributed by atoms with Crippen molar-refractivity contribution in [1.82, 2.24) is 19.7 Å². The van der Waals surface area contributed by atoms with Crippen LogP contribution in [-0.2, 0) is 10.3 Å². The SMILES string of the molecule is CCC1(C)CN(c2nc3c(cnn3C(C)(C)C)c(=O)[nH]2)CCO1. The third kappa shape index (κ3) is 2.85. The quantitative estimate of drug-likeness (QED) is 0.914. The Balaban J connectivity index is 2.07. The van der Waals surface area contributed by atoms with Crippen LogP contribution >= 0.6 is 0 Å². The molecule has 0 aromatic carbocycles. The molecule has 2 aromatic rings. The molecule has 0 bridgehead atoms. The van der Waals surface area contributed by atoms with Crippen molar-refractivity contribution in [2.24, 2.45) is 0 Å². The van der Waals surface area contributed by atoms with E-state index in [2.05, 4.69) is 28.8 Å². The Labute approximate surface area is 135 Å². The minimum atomic E-state index is -0.233. The van der Waals surface area contributed by atoms with Gasteiger partial charge in [-0.2, -0.15) is 10.1 Å². The van der Waals surface area contributed by atoms with Crippen LogP contribution in [0, 0.1) is 0 Å². The van der Waals surface area contributed by atoms with Gasteiger partial charge in [0.05, 0.1) is 23.9 Å². The molecule has 7 heteroatoms. The standard InChI is InChI=1S/C16H25N5O2/c1-6-16(5)10-20(7-8-23-16)14-18-12-11(13(22)19-14)9-17-21(12)15(2,3)4/h9H,6-8,10H2,1-5H3,(H,18,19,22). The number of H-pyrrole nitrogens is 1. The van der Waals surface area contributed by atoms with Crippen molar-refractivity contribution in [3.05, 3.63) is 16.6 Å². The number of nitrogens with zero attached hydrogens (tertiary/aromatic N) is 4. The van der Waals surface area contributed by atoms with Gasteiger partial charge in [0.1, 0.15) is 5.39 Å². The van der Waals surface area contributed by atoms with E-state index in [1.54, 1.807) is 10.9 Å². The molecule has 1 N–H and O–H groups in total. The molecule has 3 rings (SSSR count). The van der Waals surface area contributed by atoms with Crippen LogP contribution in [0.2, 0.25) is 0 Å². The summed E-state index contributed by atoms with van der Waals surface area (Å²) in [6.07, 6.45) is 2.50. The predicted molar refractivity (Wildman–Crippen MR) is 90.0 cm³/mol. The molecule has 0 spiro atoms. The summed E-state index contributed by atoms with van der Waals surface area (Å²) in [6.45, 7) is 12.4. The van der Waals surface area contributed by atoms with Crippen LogP contribution in [0.3, 0.4) is 0 Å². The molecule has 0 saturated carbocycles. The molecular formula is C16H25N5O2. The van der Waals surface area contributed by atoms with Crippen molar-refractivity contribution >= 4 is 17.0 Å². The van der Waals surface area contributed by atoms with E-state index in [-0.39, 0.29) is 16.7 Å². The lowest BCUT2D eigenvalue weighted by molar-refractivity contribution is -0.0445. The van der Waals surface area contributed by atoms with Crippen LogP contribution in [0.15, 0.2) is 11.0 Å². The van der Waals surface area contributed by atoms with Crippen LogP contribution in [0.25, 0.3) is 11.0 Å². The second-order valence-corrected chi connectivity index (χ2v) is 7.43. The Morgan fingerprint density at radius 1 is 1.43 bits per heavy atom. The zero-order valence-electron chi connectivity index (χ0n) is 14.5. The second-order valence-electron chi connectivity index (χ2n) is 7.43. The van der Waals surface area contributed by atoms with Gasteiger partial charge in [0, 0.05) is 13.1 Å². The van der Waals surface area contributed by atoms with Gasteiger partial charge in [-0.25, -0.2) is 4.68 Å². The Bertz CT molecular complexity index is 773. The molecule has 1 atom stereocenters. The van der Waals surface area contributed by atoms with Gasteiger partial charge >= 0.3 is 0 Å². The maximum atomic E-state index is 12.4. The highest BCUT2D eigenvalue weighted by Crippen LogP contribution is 2.25. The minimum Gasteiger partial charge on any atom is -0.372 e. The molecule has 23 heavy (non-hydrogen) atoms. The van der Waals surface area contributed by atoms with Crippen molar-refractivity contribution in [1.29, 1.82) is 0 Å². The number of rotatable bonds is 2. The molecule has 3 heterocycles. The highest BCUT2D eigenvalue weighted by Gasteiger charge is 2.32. The number of anilines is 1. The van der Waals surface area contributed by atoms with Gasteiger partial charge in [0.2, 0.25) is 5.95 Å². The van der Waals surface area contributed by atoms with Gasteiger partial charge in [0.15, 0.2) is 5.65 Å². The molecule has 7 nitrogen and oxygen atoms in total. The van der Waals surface area contributed by atoms with E-state index in [0.29, 0.717) is 36.7 Å². The monoisotopic (exact) mass is 319 g/mol. The Hall–Kier alpha value is -1.89. The number of hydrogen-bond acceptors (Lipinski definition) is 5. The Kier molecular flexibility index (Phi) is 3.71. The largest absolute Gasteiger partial charge is 0.372 e. The van der Waals surface area contributed by atoms with Gasteiger partial charge in [-0.05, 0) is 34.1 Å². The van der Waals surface area contributed by atoms with Crippen molar-refractivity contribution in [3.8, 4) is 0 Å². The number of hydrogen-bond donors (Lipinski definition) is 1. The average Bonchev–Trinajstić information content (AvgIpc) is 2.92.